The number of halogens is 1. The quantitative estimate of drug-likeness (QED) is 0.347. The van der Waals surface area contributed by atoms with Gasteiger partial charge >= 0.3 is 6.03 Å². The van der Waals surface area contributed by atoms with Crippen LogP contribution in [0.25, 0.3) is 11.3 Å². The van der Waals surface area contributed by atoms with Gasteiger partial charge in [0.2, 0.25) is 0 Å². The second-order valence-corrected chi connectivity index (χ2v) is 8.70. The monoisotopic (exact) mass is 486 g/mol. The number of rotatable bonds is 6. The average molecular weight is 487 g/mol. The molecule has 0 bridgehead atoms. The third-order valence-corrected chi connectivity index (χ3v) is 5.97. The predicted octanol–water partition coefficient (Wildman–Crippen LogP) is 6.05. The lowest BCUT2D eigenvalue weighted by atomic mass is 10.1. The minimum Gasteiger partial charge on any atom is -0.454 e. The van der Waals surface area contributed by atoms with E-state index < -0.39 is 11.8 Å². The molecule has 0 unspecified atom stereocenters. The van der Waals surface area contributed by atoms with E-state index in [0.717, 1.165) is 24.3 Å². The molecule has 3 heterocycles. The Balaban J connectivity index is 1.22. The number of piperidine rings is 1. The van der Waals surface area contributed by atoms with Gasteiger partial charge in [0.05, 0.1) is 11.9 Å². The summed E-state index contributed by atoms with van der Waals surface area (Å²) in [4.78, 5) is 19.2. The van der Waals surface area contributed by atoms with Crippen molar-refractivity contribution < 1.29 is 13.9 Å². The van der Waals surface area contributed by atoms with Crippen molar-refractivity contribution in [3.05, 3.63) is 79.0 Å². The highest BCUT2D eigenvalue weighted by Gasteiger charge is 2.13. The van der Waals surface area contributed by atoms with Crippen molar-refractivity contribution in [1.29, 1.82) is 0 Å². The Bertz CT molecular complexity index is 1370. The topological polar surface area (TPSA) is 84.3 Å². The van der Waals surface area contributed by atoms with E-state index in [2.05, 4.69) is 25.6 Å². The molecule has 0 spiro atoms. The molecule has 0 saturated carbocycles. The molecule has 0 aliphatic carbocycles. The van der Waals surface area contributed by atoms with Crippen LogP contribution in [0.1, 0.15) is 19.3 Å². The number of nitrogens with zero attached hydrogens (tertiary/aromatic N) is 4. The summed E-state index contributed by atoms with van der Waals surface area (Å²) in [6, 6.07) is 15.0. The third-order valence-electron chi connectivity index (χ3n) is 5.97. The number of carbonyl (C=O) groups excluding carboxylic acids is 1. The zero-order valence-electron chi connectivity index (χ0n) is 19.9. The summed E-state index contributed by atoms with van der Waals surface area (Å²) in [6.45, 7) is 2.04. The van der Waals surface area contributed by atoms with Crippen molar-refractivity contribution in [2.75, 3.05) is 28.6 Å². The number of aryl methyl sites for hydroxylation is 1. The van der Waals surface area contributed by atoms with Crippen molar-refractivity contribution in [2.24, 2.45) is 7.05 Å². The van der Waals surface area contributed by atoms with Crippen molar-refractivity contribution in [3.8, 4) is 22.8 Å². The van der Waals surface area contributed by atoms with Gasteiger partial charge in [-0.3, -0.25) is 9.67 Å². The predicted molar refractivity (Wildman–Crippen MR) is 138 cm³/mol. The molecular weight excluding hydrogens is 459 g/mol. The number of ether oxygens (including phenoxy) is 1. The maximum absolute atomic E-state index is 14.8. The first-order chi connectivity index (χ1) is 17.5. The highest BCUT2D eigenvalue weighted by Crippen LogP contribution is 2.29. The third kappa shape index (κ3) is 5.63. The fourth-order valence-electron chi connectivity index (χ4n) is 4.20. The van der Waals surface area contributed by atoms with Gasteiger partial charge in [-0.15, -0.1) is 0 Å². The van der Waals surface area contributed by atoms with Crippen molar-refractivity contribution in [1.82, 2.24) is 14.8 Å². The van der Waals surface area contributed by atoms with Crippen LogP contribution in [0.3, 0.4) is 0 Å². The summed E-state index contributed by atoms with van der Waals surface area (Å²) in [5, 5.41) is 9.64. The molecule has 0 atom stereocenters. The highest BCUT2D eigenvalue weighted by atomic mass is 19.1. The average Bonchev–Trinajstić information content (AvgIpc) is 3.33. The highest BCUT2D eigenvalue weighted by molar-refractivity contribution is 6.00. The van der Waals surface area contributed by atoms with Gasteiger partial charge in [0, 0.05) is 67.3 Å². The van der Waals surface area contributed by atoms with Gasteiger partial charge in [0.1, 0.15) is 5.75 Å². The van der Waals surface area contributed by atoms with Crippen molar-refractivity contribution >= 4 is 23.1 Å². The summed E-state index contributed by atoms with van der Waals surface area (Å²) >= 11 is 0. The van der Waals surface area contributed by atoms with Crippen LogP contribution in [-0.4, -0.2) is 33.9 Å². The maximum atomic E-state index is 14.8. The Hall–Kier alpha value is -4.40. The van der Waals surface area contributed by atoms with Crippen LogP contribution >= 0.6 is 0 Å². The van der Waals surface area contributed by atoms with Crippen molar-refractivity contribution in [3.63, 3.8) is 0 Å². The van der Waals surface area contributed by atoms with Gasteiger partial charge in [0.15, 0.2) is 11.6 Å². The van der Waals surface area contributed by atoms with Gasteiger partial charge in [-0.05, 0) is 55.7 Å². The first kappa shape index (κ1) is 23.3. The molecule has 2 N–H and O–H groups in total. The van der Waals surface area contributed by atoms with E-state index in [4.69, 9.17) is 4.74 Å². The standard InChI is InChI=1S/C27H27FN6O2/c1-33-18-19(17-30-33)25-16-23(10-11-29-25)36-26-9-8-21(15-24(26)28)32-27(35)31-20-6-5-7-22(14-20)34-12-3-2-4-13-34/h5-11,14-18H,2-4,12-13H2,1H3,(H2,31,32,35). The maximum Gasteiger partial charge on any atom is 0.323 e. The van der Waals surface area contributed by atoms with E-state index in [9.17, 15) is 9.18 Å². The molecule has 1 saturated heterocycles. The van der Waals surface area contributed by atoms with E-state index in [1.165, 1.54) is 31.4 Å². The molecule has 8 nitrogen and oxygen atoms in total. The minimum atomic E-state index is -0.598. The molecule has 5 rings (SSSR count). The fraction of sp³-hybridized carbons (Fsp3) is 0.222. The van der Waals surface area contributed by atoms with Crippen LogP contribution in [-0.2, 0) is 7.05 Å². The van der Waals surface area contributed by atoms with E-state index in [-0.39, 0.29) is 5.75 Å². The Labute approximate surface area is 208 Å². The van der Waals surface area contributed by atoms with E-state index >= 15 is 0 Å². The zero-order valence-corrected chi connectivity index (χ0v) is 19.9. The first-order valence-electron chi connectivity index (χ1n) is 11.9. The number of hydrogen-bond donors (Lipinski definition) is 2. The van der Waals surface area contributed by atoms with Crippen LogP contribution in [0.4, 0.5) is 26.2 Å². The number of amides is 2. The Morgan fingerprint density at radius 3 is 2.56 bits per heavy atom. The largest absolute Gasteiger partial charge is 0.454 e. The zero-order chi connectivity index (χ0) is 24.9. The molecule has 36 heavy (non-hydrogen) atoms. The van der Waals surface area contributed by atoms with Gasteiger partial charge in [-0.25, -0.2) is 9.18 Å². The number of nitrogens with one attached hydrogen (secondary N) is 2. The first-order valence-corrected chi connectivity index (χ1v) is 11.9. The van der Waals surface area contributed by atoms with Crippen molar-refractivity contribution in [2.45, 2.75) is 19.3 Å². The molecule has 1 fully saturated rings. The molecule has 2 aromatic heterocycles. The van der Waals surface area contributed by atoms with E-state index in [0.29, 0.717) is 22.8 Å². The fourth-order valence-corrected chi connectivity index (χ4v) is 4.20. The Morgan fingerprint density at radius 2 is 1.81 bits per heavy atom. The van der Waals surface area contributed by atoms with Crippen LogP contribution in [0, 0.1) is 5.82 Å². The van der Waals surface area contributed by atoms with Crippen LogP contribution < -0.4 is 20.3 Å². The summed E-state index contributed by atoms with van der Waals surface area (Å²) < 4.78 is 22.2. The number of carbonyl (C=O) groups is 1. The summed E-state index contributed by atoms with van der Waals surface area (Å²) in [5.74, 6) is -0.118. The number of aromatic nitrogens is 3. The molecule has 4 aromatic rings. The Morgan fingerprint density at radius 1 is 1.00 bits per heavy atom. The normalized spacial score (nSPS) is 13.3. The molecule has 2 aromatic carbocycles. The summed E-state index contributed by atoms with van der Waals surface area (Å²) in [6.07, 6.45) is 8.74. The van der Waals surface area contributed by atoms with E-state index in [1.807, 2.05) is 37.5 Å². The van der Waals surface area contributed by atoms with Gasteiger partial charge < -0.3 is 20.3 Å². The lowest BCUT2D eigenvalue weighted by Gasteiger charge is -2.29. The molecule has 2 amide bonds. The molecule has 0 radical (unpaired) electrons. The number of hydrogen-bond acceptors (Lipinski definition) is 5. The summed E-state index contributed by atoms with van der Waals surface area (Å²) in [5.41, 5.74) is 3.58. The second kappa shape index (κ2) is 10.5. The molecular formula is C27H27FN6O2. The molecule has 184 valence electrons. The molecule has 9 heteroatoms. The number of pyridine rings is 1. The van der Waals surface area contributed by atoms with Crippen LogP contribution in [0.5, 0.6) is 11.5 Å². The SMILES string of the molecule is Cn1cc(-c2cc(Oc3ccc(NC(=O)Nc4cccc(N5CCCCC5)c4)cc3F)ccn2)cn1. The lowest BCUT2D eigenvalue weighted by Crippen LogP contribution is -2.29. The van der Waals surface area contributed by atoms with Crippen LogP contribution in [0.2, 0.25) is 0 Å². The summed E-state index contributed by atoms with van der Waals surface area (Å²) in [7, 11) is 1.82. The van der Waals surface area contributed by atoms with Gasteiger partial charge in [-0.1, -0.05) is 6.07 Å². The minimum absolute atomic E-state index is 0.0403. The van der Waals surface area contributed by atoms with Gasteiger partial charge in [-0.2, -0.15) is 5.10 Å². The second-order valence-electron chi connectivity index (χ2n) is 8.70. The Kier molecular flexibility index (Phi) is 6.79. The number of anilines is 3. The smallest absolute Gasteiger partial charge is 0.323 e. The van der Waals surface area contributed by atoms with Crippen LogP contribution in [0.15, 0.2) is 73.2 Å². The lowest BCUT2D eigenvalue weighted by molar-refractivity contribution is 0.262. The molecule has 1 aliphatic heterocycles. The molecule has 1 aliphatic rings. The van der Waals surface area contributed by atoms with Gasteiger partial charge in [0.25, 0.3) is 0 Å². The number of urea groups is 1. The van der Waals surface area contributed by atoms with E-state index in [1.54, 1.807) is 35.3 Å². The number of benzene rings is 2.